The maximum absolute atomic E-state index is 12.5. The molecule has 1 atom stereocenters. The molecule has 0 aromatic heterocycles. The maximum Gasteiger partial charge on any atom is 0.410 e. The molecule has 1 aliphatic carbocycles. The van der Waals surface area contributed by atoms with Crippen molar-refractivity contribution >= 4 is 12.1 Å². The Kier molecular flexibility index (Phi) is 6.31. The summed E-state index contributed by atoms with van der Waals surface area (Å²) in [5.41, 5.74) is 10.0. The molecule has 6 nitrogen and oxygen atoms in total. The number of carboxylic acid groups (broad SMARTS) is 1. The highest BCUT2D eigenvalue weighted by Crippen LogP contribution is 2.44. The fourth-order valence-electron chi connectivity index (χ4n) is 3.79. The summed E-state index contributed by atoms with van der Waals surface area (Å²) in [6, 6.07) is 15.3. The van der Waals surface area contributed by atoms with Crippen LogP contribution in [-0.4, -0.2) is 48.3 Å². The van der Waals surface area contributed by atoms with E-state index in [2.05, 4.69) is 12.1 Å². The van der Waals surface area contributed by atoms with Crippen molar-refractivity contribution < 1.29 is 19.4 Å². The topological polar surface area (TPSA) is 92.9 Å². The summed E-state index contributed by atoms with van der Waals surface area (Å²) in [5, 5.41) is 9.45. The molecule has 0 saturated heterocycles. The first-order chi connectivity index (χ1) is 13.5. The third-order valence-electron chi connectivity index (χ3n) is 5.31. The lowest BCUT2D eigenvalue weighted by Gasteiger charge is -2.25. The van der Waals surface area contributed by atoms with Crippen LogP contribution in [0.2, 0.25) is 0 Å². The number of fused-ring (bicyclic) bond motifs is 3. The summed E-state index contributed by atoms with van der Waals surface area (Å²) in [5.74, 6) is -1.08. The van der Waals surface area contributed by atoms with Gasteiger partial charge in [0.25, 0.3) is 0 Å². The van der Waals surface area contributed by atoms with Gasteiger partial charge in [-0.05, 0) is 48.1 Å². The van der Waals surface area contributed by atoms with Crippen LogP contribution < -0.4 is 5.73 Å². The molecule has 2 aromatic rings. The van der Waals surface area contributed by atoms with Crippen LogP contribution in [0.1, 0.15) is 36.3 Å². The van der Waals surface area contributed by atoms with Gasteiger partial charge in [0.05, 0.1) is 0 Å². The largest absolute Gasteiger partial charge is 0.480 e. The van der Waals surface area contributed by atoms with E-state index < -0.39 is 18.1 Å². The van der Waals surface area contributed by atoms with Gasteiger partial charge in [0.1, 0.15) is 12.6 Å². The number of hydrogen-bond donors (Lipinski definition) is 2. The van der Waals surface area contributed by atoms with Crippen LogP contribution in [0, 0.1) is 0 Å². The number of carbonyl (C=O) groups excluding carboxylic acids is 1. The minimum atomic E-state index is -1.03. The average molecular weight is 382 g/mol. The van der Waals surface area contributed by atoms with E-state index in [4.69, 9.17) is 10.5 Å². The molecule has 0 spiro atoms. The monoisotopic (exact) mass is 382 g/mol. The number of aliphatic carboxylic acids is 1. The number of unbranched alkanes of at least 4 members (excludes halogenated alkanes) is 1. The number of ether oxygens (including phenoxy) is 1. The number of nitrogens with two attached hydrogens (primary N) is 1. The predicted octanol–water partition coefficient (Wildman–Crippen LogP) is 3.45. The standard InChI is InChI=1S/C22H26N2O4/c1-24(20(21(25)26)12-6-7-13-23)22(27)28-14-19-17-10-4-2-8-15(17)16-9-3-5-11-18(16)19/h2-5,8-11,19-20H,6-7,12-14,23H2,1H3,(H,25,26). The first-order valence-electron chi connectivity index (χ1n) is 9.55. The molecule has 6 heteroatoms. The summed E-state index contributed by atoms with van der Waals surface area (Å²) in [6.45, 7) is 0.674. The second-order valence-electron chi connectivity index (χ2n) is 7.05. The molecule has 148 valence electrons. The number of carboxylic acids is 1. The van der Waals surface area contributed by atoms with E-state index in [-0.39, 0.29) is 12.5 Å². The van der Waals surface area contributed by atoms with Gasteiger partial charge in [-0.25, -0.2) is 9.59 Å². The van der Waals surface area contributed by atoms with Crippen molar-refractivity contribution in [3.8, 4) is 11.1 Å². The number of carbonyl (C=O) groups is 2. The zero-order chi connectivity index (χ0) is 20.1. The molecule has 0 bridgehead atoms. The van der Waals surface area contributed by atoms with Crippen molar-refractivity contribution in [1.29, 1.82) is 0 Å². The summed E-state index contributed by atoms with van der Waals surface area (Å²) in [7, 11) is 1.47. The third-order valence-corrected chi connectivity index (χ3v) is 5.31. The summed E-state index contributed by atoms with van der Waals surface area (Å²) < 4.78 is 5.54. The second-order valence-corrected chi connectivity index (χ2v) is 7.05. The van der Waals surface area contributed by atoms with E-state index in [1.807, 2.05) is 36.4 Å². The minimum absolute atomic E-state index is 0.0507. The summed E-state index contributed by atoms with van der Waals surface area (Å²) >= 11 is 0. The lowest BCUT2D eigenvalue weighted by atomic mass is 9.98. The Bertz CT molecular complexity index is 806. The number of rotatable bonds is 8. The Morgan fingerprint density at radius 3 is 2.18 bits per heavy atom. The van der Waals surface area contributed by atoms with Crippen LogP contribution in [0.25, 0.3) is 11.1 Å². The van der Waals surface area contributed by atoms with Crippen LogP contribution in [0.15, 0.2) is 48.5 Å². The molecular weight excluding hydrogens is 356 g/mol. The van der Waals surface area contributed by atoms with Crippen molar-refractivity contribution in [1.82, 2.24) is 4.90 Å². The Labute approximate surface area is 164 Å². The van der Waals surface area contributed by atoms with E-state index in [0.717, 1.165) is 28.7 Å². The van der Waals surface area contributed by atoms with Gasteiger partial charge in [-0.3, -0.25) is 4.90 Å². The molecule has 0 heterocycles. The predicted molar refractivity (Wildman–Crippen MR) is 107 cm³/mol. The Hall–Kier alpha value is -2.86. The Morgan fingerprint density at radius 1 is 1.07 bits per heavy atom. The number of hydrogen-bond acceptors (Lipinski definition) is 4. The van der Waals surface area contributed by atoms with Crippen molar-refractivity contribution in [2.24, 2.45) is 5.73 Å². The summed E-state index contributed by atoms with van der Waals surface area (Å²) in [6.07, 6.45) is 1.10. The Balaban J connectivity index is 1.69. The maximum atomic E-state index is 12.5. The number of amides is 1. The van der Waals surface area contributed by atoms with Gasteiger partial charge < -0.3 is 15.6 Å². The van der Waals surface area contributed by atoms with E-state index in [1.165, 1.54) is 11.9 Å². The molecular formula is C22H26N2O4. The number of benzene rings is 2. The van der Waals surface area contributed by atoms with E-state index in [1.54, 1.807) is 0 Å². The molecule has 2 aromatic carbocycles. The van der Waals surface area contributed by atoms with E-state index >= 15 is 0 Å². The van der Waals surface area contributed by atoms with Crippen LogP contribution in [0.3, 0.4) is 0 Å². The second kappa shape index (κ2) is 8.89. The van der Waals surface area contributed by atoms with Gasteiger partial charge in [0, 0.05) is 13.0 Å². The van der Waals surface area contributed by atoms with Gasteiger partial charge in [-0.2, -0.15) is 0 Å². The van der Waals surface area contributed by atoms with Gasteiger partial charge >= 0.3 is 12.1 Å². The van der Waals surface area contributed by atoms with Gasteiger partial charge in [-0.1, -0.05) is 48.5 Å². The summed E-state index contributed by atoms with van der Waals surface area (Å²) in [4.78, 5) is 25.2. The fourth-order valence-corrected chi connectivity index (χ4v) is 3.79. The normalized spacial score (nSPS) is 13.5. The van der Waals surface area contributed by atoms with Crippen molar-refractivity contribution in [2.75, 3.05) is 20.2 Å². The third kappa shape index (κ3) is 4.02. The molecule has 0 fully saturated rings. The molecule has 0 saturated carbocycles. The van der Waals surface area contributed by atoms with Crippen LogP contribution in [0.4, 0.5) is 4.79 Å². The van der Waals surface area contributed by atoms with Crippen LogP contribution >= 0.6 is 0 Å². The first-order valence-corrected chi connectivity index (χ1v) is 9.55. The van der Waals surface area contributed by atoms with Gasteiger partial charge in [0.2, 0.25) is 0 Å². The smallest absolute Gasteiger partial charge is 0.410 e. The molecule has 0 radical (unpaired) electrons. The van der Waals surface area contributed by atoms with Crippen LogP contribution in [-0.2, 0) is 9.53 Å². The molecule has 3 N–H and O–H groups in total. The van der Waals surface area contributed by atoms with Crippen LogP contribution in [0.5, 0.6) is 0 Å². The van der Waals surface area contributed by atoms with Crippen molar-refractivity contribution in [2.45, 2.75) is 31.2 Å². The quantitative estimate of drug-likeness (QED) is 0.682. The molecule has 1 unspecified atom stereocenters. The van der Waals surface area contributed by atoms with Gasteiger partial charge in [-0.15, -0.1) is 0 Å². The highest BCUT2D eigenvalue weighted by Gasteiger charge is 2.31. The van der Waals surface area contributed by atoms with E-state index in [0.29, 0.717) is 19.4 Å². The lowest BCUT2D eigenvalue weighted by molar-refractivity contribution is -0.142. The molecule has 0 aliphatic heterocycles. The molecule has 1 aliphatic rings. The zero-order valence-corrected chi connectivity index (χ0v) is 16.0. The van der Waals surface area contributed by atoms with E-state index in [9.17, 15) is 14.7 Å². The highest BCUT2D eigenvalue weighted by atomic mass is 16.6. The van der Waals surface area contributed by atoms with Crippen molar-refractivity contribution in [3.63, 3.8) is 0 Å². The molecule has 28 heavy (non-hydrogen) atoms. The fraction of sp³-hybridized carbons (Fsp3) is 0.364. The lowest BCUT2D eigenvalue weighted by Crippen LogP contribution is -2.43. The SMILES string of the molecule is CN(C(=O)OCC1c2ccccc2-c2ccccc21)C(CCCCN)C(=O)O. The van der Waals surface area contributed by atoms with Crippen molar-refractivity contribution in [3.05, 3.63) is 59.7 Å². The molecule has 3 rings (SSSR count). The minimum Gasteiger partial charge on any atom is -0.480 e. The number of likely N-dealkylation sites (N-methyl/N-ethyl adjacent to an activating group) is 1. The zero-order valence-electron chi connectivity index (χ0n) is 16.0. The number of nitrogens with zero attached hydrogens (tertiary/aromatic N) is 1. The first kappa shape index (κ1) is 19.9. The Morgan fingerprint density at radius 2 is 1.64 bits per heavy atom. The highest BCUT2D eigenvalue weighted by molar-refractivity contribution is 5.81. The van der Waals surface area contributed by atoms with Gasteiger partial charge in [0.15, 0.2) is 0 Å². The molecule has 1 amide bonds. The average Bonchev–Trinajstić information content (AvgIpc) is 3.02.